The molecule has 0 unspecified atom stereocenters. The summed E-state index contributed by atoms with van der Waals surface area (Å²) in [7, 11) is 1.56. The van der Waals surface area contributed by atoms with Crippen molar-refractivity contribution in [3.8, 4) is 17.0 Å². The van der Waals surface area contributed by atoms with Gasteiger partial charge in [-0.1, -0.05) is 11.6 Å². The van der Waals surface area contributed by atoms with Crippen molar-refractivity contribution in [2.45, 2.75) is 13.2 Å². The SMILES string of the molecule is COc1cc(CO)c(-c2cn3ccc(N4CCN(Cc5ccncc5)CC4)cc3n2)cc1Cl. The van der Waals surface area contributed by atoms with Gasteiger partial charge in [0.1, 0.15) is 11.4 Å². The molecule has 0 saturated carbocycles. The first kappa shape index (κ1) is 21.7. The first-order valence-electron chi connectivity index (χ1n) is 11.0. The summed E-state index contributed by atoms with van der Waals surface area (Å²) in [5, 5.41) is 10.3. The second kappa shape index (κ2) is 9.39. The number of aliphatic hydroxyl groups excluding tert-OH is 1. The highest BCUT2D eigenvalue weighted by Crippen LogP contribution is 2.34. The van der Waals surface area contributed by atoms with Crippen LogP contribution in [0, 0.1) is 0 Å². The fraction of sp³-hybridized carbons (Fsp3) is 0.280. The number of aromatic nitrogens is 3. The summed E-state index contributed by atoms with van der Waals surface area (Å²) >= 11 is 6.34. The first-order chi connectivity index (χ1) is 16.1. The number of rotatable bonds is 6. The number of halogens is 1. The summed E-state index contributed by atoms with van der Waals surface area (Å²) in [5.41, 5.74) is 5.62. The molecule has 0 spiro atoms. The van der Waals surface area contributed by atoms with Crippen molar-refractivity contribution in [2.75, 3.05) is 38.2 Å². The zero-order valence-electron chi connectivity index (χ0n) is 18.5. The number of fused-ring (bicyclic) bond motifs is 1. The number of hydrogen-bond acceptors (Lipinski definition) is 6. The minimum absolute atomic E-state index is 0.119. The van der Waals surface area contributed by atoms with Crippen molar-refractivity contribution in [3.05, 3.63) is 77.3 Å². The van der Waals surface area contributed by atoms with Gasteiger partial charge in [-0.15, -0.1) is 0 Å². The van der Waals surface area contributed by atoms with Crippen LogP contribution >= 0.6 is 11.6 Å². The van der Waals surface area contributed by atoms with Gasteiger partial charge in [0.25, 0.3) is 0 Å². The fourth-order valence-electron chi connectivity index (χ4n) is 4.33. The van der Waals surface area contributed by atoms with Crippen LogP contribution in [0.15, 0.2) is 61.2 Å². The van der Waals surface area contributed by atoms with Crippen LogP contribution in [0.1, 0.15) is 11.1 Å². The minimum Gasteiger partial charge on any atom is -0.495 e. The van der Waals surface area contributed by atoms with E-state index in [0.717, 1.165) is 55.2 Å². The average Bonchev–Trinajstić information content (AvgIpc) is 3.28. The third-order valence-corrected chi connectivity index (χ3v) is 6.46. The number of ether oxygens (including phenoxy) is 1. The Bertz CT molecular complexity index is 1250. The van der Waals surface area contributed by atoms with E-state index in [0.29, 0.717) is 10.8 Å². The van der Waals surface area contributed by atoms with E-state index in [2.05, 4.69) is 39.0 Å². The number of methoxy groups -OCH3 is 1. The summed E-state index contributed by atoms with van der Waals surface area (Å²) in [6.07, 6.45) is 7.70. The third kappa shape index (κ3) is 4.53. The number of aliphatic hydroxyl groups is 1. The van der Waals surface area contributed by atoms with Gasteiger partial charge in [-0.25, -0.2) is 4.98 Å². The maximum Gasteiger partial charge on any atom is 0.139 e. The Kier molecular flexibility index (Phi) is 6.17. The maximum absolute atomic E-state index is 9.85. The molecule has 170 valence electrons. The van der Waals surface area contributed by atoms with Gasteiger partial charge in [0.05, 0.1) is 24.4 Å². The third-order valence-electron chi connectivity index (χ3n) is 6.16. The molecular weight excluding hydrogens is 438 g/mol. The summed E-state index contributed by atoms with van der Waals surface area (Å²) in [5.74, 6) is 0.540. The summed E-state index contributed by atoms with van der Waals surface area (Å²) < 4.78 is 7.28. The van der Waals surface area contributed by atoms with Crippen LogP contribution < -0.4 is 9.64 Å². The largest absolute Gasteiger partial charge is 0.495 e. The van der Waals surface area contributed by atoms with E-state index in [1.54, 1.807) is 19.2 Å². The normalized spacial score (nSPS) is 14.7. The number of imidazole rings is 1. The Balaban J connectivity index is 1.34. The molecule has 1 fully saturated rings. The number of anilines is 1. The molecule has 1 N–H and O–H groups in total. The molecule has 8 heteroatoms. The van der Waals surface area contributed by atoms with Crippen molar-refractivity contribution < 1.29 is 9.84 Å². The van der Waals surface area contributed by atoms with Gasteiger partial charge in [0.2, 0.25) is 0 Å². The molecule has 1 saturated heterocycles. The molecule has 5 rings (SSSR count). The van der Waals surface area contributed by atoms with Crippen LogP contribution in [-0.4, -0.2) is 57.7 Å². The Labute approximate surface area is 197 Å². The van der Waals surface area contributed by atoms with Crippen molar-refractivity contribution in [1.29, 1.82) is 0 Å². The molecular formula is C25H26ClN5O2. The van der Waals surface area contributed by atoms with E-state index in [1.165, 1.54) is 11.3 Å². The molecule has 1 aliphatic rings. The Hall–Kier alpha value is -3.13. The maximum atomic E-state index is 9.85. The van der Waals surface area contributed by atoms with Gasteiger partial charge in [0.15, 0.2) is 0 Å². The highest BCUT2D eigenvalue weighted by Gasteiger charge is 2.19. The number of hydrogen-bond donors (Lipinski definition) is 1. The van der Waals surface area contributed by atoms with E-state index >= 15 is 0 Å². The number of piperazine rings is 1. The van der Waals surface area contributed by atoms with Crippen molar-refractivity contribution in [3.63, 3.8) is 0 Å². The van der Waals surface area contributed by atoms with Gasteiger partial charge in [-0.3, -0.25) is 9.88 Å². The van der Waals surface area contributed by atoms with Gasteiger partial charge in [-0.2, -0.15) is 0 Å². The number of benzene rings is 1. The lowest BCUT2D eigenvalue weighted by molar-refractivity contribution is 0.250. The Morgan fingerprint density at radius 1 is 1.06 bits per heavy atom. The van der Waals surface area contributed by atoms with Crippen LogP contribution in [-0.2, 0) is 13.2 Å². The first-order valence-corrected chi connectivity index (χ1v) is 11.3. The van der Waals surface area contributed by atoms with E-state index < -0.39 is 0 Å². The van der Waals surface area contributed by atoms with Crippen molar-refractivity contribution >= 4 is 22.9 Å². The molecule has 0 aliphatic carbocycles. The zero-order chi connectivity index (χ0) is 22.8. The van der Waals surface area contributed by atoms with E-state index in [-0.39, 0.29) is 6.61 Å². The van der Waals surface area contributed by atoms with Gasteiger partial charge in [0, 0.05) is 74.8 Å². The lowest BCUT2D eigenvalue weighted by atomic mass is 10.1. The number of nitrogens with zero attached hydrogens (tertiary/aromatic N) is 5. The summed E-state index contributed by atoms with van der Waals surface area (Å²) in [4.78, 5) is 13.8. The van der Waals surface area contributed by atoms with Crippen LogP contribution in [0.4, 0.5) is 5.69 Å². The Morgan fingerprint density at radius 2 is 1.85 bits per heavy atom. The van der Waals surface area contributed by atoms with Crippen LogP contribution in [0.2, 0.25) is 5.02 Å². The molecule has 1 aliphatic heterocycles. The molecule has 4 heterocycles. The zero-order valence-corrected chi connectivity index (χ0v) is 19.2. The van der Waals surface area contributed by atoms with Crippen LogP contribution in [0.25, 0.3) is 16.9 Å². The van der Waals surface area contributed by atoms with Crippen LogP contribution in [0.3, 0.4) is 0 Å². The highest BCUT2D eigenvalue weighted by molar-refractivity contribution is 6.32. The average molecular weight is 464 g/mol. The quantitative estimate of drug-likeness (QED) is 0.468. The van der Waals surface area contributed by atoms with Gasteiger partial charge < -0.3 is 19.1 Å². The Morgan fingerprint density at radius 3 is 2.58 bits per heavy atom. The van der Waals surface area contributed by atoms with Crippen molar-refractivity contribution in [2.24, 2.45) is 0 Å². The van der Waals surface area contributed by atoms with E-state index in [4.69, 9.17) is 21.3 Å². The lowest BCUT2D eigenvalue weighted by Crippen LogP contribution is -2.46. The lowest BCUT2D eigenvalue weighted by Gasteiger charge is -2.36. The topological polar surface area (TPSA) is 66.1 Å². The minimum atomic E-state index is -0.119. The second-order valence-electron chi connectivity index (χ2n) is 8.20. The van der Waals surface area contributed by atoms with E-state index in [1.807, 2.05) is 29.2 Å². The second-order valence-corrected chi connectivity index (χ2v) is 8.60. The smallest absolute Gasteiger partial charge is 0.139 e. The highest BCUT2D eigenvalue weighted by atomic mass is 35.5. The molecule has 0 atom stereocenters. The fourth-order valence-corrected chi connectivity index (χ4v) is 4.57. The molecule has 0 amide bonds. The van der Waals surface area contributed by atoms with Gasteiger partial charge in [-0.05, 0) is 41.5 Å². The predicted molar refractivity (Wildman–Crippen MR) is 130 cm³/mol. The van der Waals surface area contributed by atoms with Crippen LogP contribution in [0.5, 0.6) is 5.75 Å². The molecule has 4 aromatic rings. The monoisotopic (exact) mass is 463 g/mol. The summed E-state index contributed by atoms with van der Waals surface area (Å²) in [6.45, 7) is 4.80. The predicted octanol–water partition coefficient (Wildman–Crippen LogP) is 3.87. The molecule has 7 nitrogen and oxygen atoms in total. The standard InChI is InChI=1S/C25H26ClN5O2/c1-33-24-12-19(17-32)21(14-22(24)26)23-16-31-7-4-20(13-25(31)28-23)30-10-8-29(9-11-30)15-18-2-5-27-6-3-18/h2-7,12-14,16,32H,8-11,15,17H2,1H3. The molecule has 0 radical (unpaired) electrons. The summed E-state index contributed by atoms with van der Waals surface area (Å²) in [6, 6.07) is 12.0. The molecule has 3 aromatic heterocycles. The molecule has 0 bridgehead atoms. The molecule has 1 aromatic carbocycles. The van der Waals surface area contributed by atoms with E-state index in [9.17, 15) is 5.11 Å². The molecule has 33 heavy (non-hydrogen) atoms. The van der Waals surface area contributed by atoms with Crippen molar-refractivity contribution in [1.82, 2.24) is 19.3 Å². The number of pyridine rings is 2. The van der Waals surface area contributed by atoms with Gasteiger partial charge >= 0.3 is 0 Å².